The second kappa shape index (κ2) is 8.35. The van der Waals surface area contributed by atoms with Gasteiger partial charge in [-0.05, 0) is 60.9 Å². The summed E-state index contributed by atoms with van der Waals surface area (Å²) in [5, 5.41) is 0. The van der Waals surface area contributed by atoms with Crippen LogP contribution in [0.15, 0.2) is 24.3 Å². The SMILES string of the molecule is CC[Si](CC)(CC)N(c1cccc(C)c1)[Si](CC)(CC)CC. The van der Waals surface area contributed by atoms with Gasteiger partial charge in [0.1, 0.15) is 16.5 Å². The predicted octanol–water partition coefficient (Wildman–Crippen LogP) is 6.81. The molecule has 0 aliphatic carbocycles. The summed E-state index contributed by atoms with van der Waals surface area (Å²) < 4.78 is 3.09. The molecule has 0 radical (unpaired) electrons. The van der Waals surface area contributed by atoms with Crippen LogP contribution in [0.2, 0.25) is 36.3 Å². The largest absolute Gasteiger partial charge is 0.424 e. The topological polar surface area (TPSA) is 3.24 Å². The first-order chi connectivity index (χ1) is 10.5. The molecule has 1 rings (SSSR count). The van der Waals surface area contributed by atoms with E-state index in [-0.39, 0.29) is 0 Å². The van der Waals surface area contributed by atoms with Gasteiger partial charge in [-0.3, -0.25) is 0 Å². The summed E-state index contributed by atoms with van der Waals surface area (Å²) in [6, 6.07) is 17.6. The summed E-state index contributed by atoms with van der Waals surface area (Å²) in [7, 11) is -2.83. The van der Waals surface area contributed by atoms with Gasteiger partial charge in [-0.15, -0.1) is 0 Å². The van der Waals surface area contributed by atoms with Crippen molar-refractivity contribution in [3.8, 4) is 0 Å². The standard InChI is InChI=1S/C19H37NSi2/c1-8-21(9-2,10-3)20(22(11-4,12-5)13-6)19-16-14-15-18(7)17-19/h14-17H,8-13H2,1-7H3. The normalized spacial score (nSPS) is 12.5. The lowest BCUT2D eigenvalue weighted by Crippen LogP contribution is -2.66. The number of nitrogens with zero attached hydrogens (tertiary/aromatic N) is 1. The van der Waals surface area contributed by atoms with E-state index in [0.29, 0.717) is 0 Å². The maximum Gasteiger partial charge on any atom is 0.147 e. The van der Waals surface area contributed by atoms with E-state index >= 15 is 0 Å². The Morgan fingerprint density at radius 3 is 1.45 bits per heavy atom. The van der Waals surface area contributed by atoms with E-state index in [9.17, 15) is 0 Å². The highest BCUT2D eigenvalue weighted by Crippen LogP contribution is 2.40. The number of aryl methyl sites for hydroxylation is 1. The lowest BCUT2D eigenvalue weighted by atomic mass is 10.2. The number of anilines is 1. The molecule has 3 heteroatoms. The Balaban J connectivity index is 3.57. The molecule has 126 valence electrons. The van der Waals surface area contributed by atoms with Crippen LogP contribution in [0.5, 0.6) is 0 Å². The van der Waals surface area contributed by atoms with Crippen molar-refractivity contribution in [2.75, 3.05) is 4.23 Å². The summed E-state index contributed by atoms with van der Waals surface area (Å²) in [6.07, 6.45) is 0. The van der Waals surface area contributed by atoms with Crippen molar-refractivity contribution < 1.29 is 0 Å². The second-order valence-electron chi connectivity index (χ2n) is 6.74. The fraction of sp³-hybridized carbons (Fsp3) is 0.684. The Morgan fingerprint density at radius 2 is 1.14 bits per heavy atom. The third-order valence-electron chi connectivity index (χ3n) is 6.16. The Kier molecular flexibility index (Phi) is 7.40. The zero-order chi connectivity index (χ0) is 16.8. The molecule has 0 saturated heterocycles. The quantitative estimate of drug-likeness (QED) is 0.448. The van der Waals surface area contributed by atoms with Crippen molar-refractivity contribution in [1.82, 2.24) is 0 Å². The lowest BCUT2D eigenvalue weighted by molar-refractivity contribution is 1.06. The summed E-state index contributed by atoms with van der Waals surface area (Å²) in [4.78, 5) is 0. The molecule has 0 amide bonds. The predicted molar refractivity (Wildman–Crippen MR) is 108 cm³/mol. The van der Waals surface area contributed by atoms with Crippen LogP contribution in [-0.4, -0.2) is 16.5 Å². The van der Waals surface area contributed by atoms with E-state index in [2.05, 4.69) is 77.0 Å². The Hall–Kier alpha value is -0.546. The number of hydrogen-bond donors (Lipinski definition) is 0. The highest BCUT2D eigenvalue weighted by molar-refractivity contribution is 7.02. The van der Waals surface area contributed by atoms with Gasteiger partial charge in [-0.2, -0.15) is 0 Å². The van der Waals surface area contributed by atoms with Gasteiger partial charge in [0.15, 0.2) is 0 Å². The summed E-state index contributed by atoms with van der Waals surface area (Å²) in [5.41, 5.74) is 2.94. The Bertz CT molecular complexity index is 414. The van der Waals surface area contributed by atoms with Crippen molar-refractivity contribution in [2.45, 2.75) is 84.7 Å². The maximum atomic E-state index is 3.09. The molecule has 0 bridgehead atoms. The van der Waals surface area contributed by atoms with E-state index in [0.717, 1.165) is 0 Å². The van der Waals surface area contributed by atoms with E-state index in [1.54, 1.807) is 0 Å². The van der Waals surface area contributed by atoms with Crippen molar-refractivity contribution in [2.24, 2.45) is 0 Å². The molecular weight excluding hydrogens is 298 g/mol. The molecule has 0 heterocycles. The van der Waals surface area contributed by atoms with Gasteiger partial charge in [0.25, 0.3) is 0 Å². The van der Waals surface area contributed by atoms with E-state index in [1.807, 2.05) is 0 Å². The summed E-state index contributed by atoms with van der Waals surface area (Å²) in [6.45, 7) is 16.9. The smallest absolute Gasteiger partial charge is 0.147 e. The monoisotopic (exact) mass is 335 g/mol. The summed E-state index contributed by atoms with van der Waals surface area (Å²) in [5.74, 6) is 0. The van der Waals surface area contributed by atoms with Crippen LogP contribution >= 0.6 is 0 Å². The van der Waals surface area contributed by atoms with Gasteiger partial charge in [-0.1, -0.05) is 53.7 Å². The molecule has 1 nitrogen and oxygen atoms in total. The zero-order valence-corrected chi connectivity index (χ0v) is 18.0. The molecule has 1 aromatic rings. The maximum absolute atomic E-state index is 3.09. The first-order valence-electron chi connectivity index (χ1n) is 9.36. The van der Waals surface area contributed by atoms with Crippen molar-refractivity contribution in [3.63, 3.8) is 0 Å². The third-order valence-corrected chi connectivity index (χ3v) is 19.3. The average Bonchev–Trinajstić information content (AvgIpc) is 2.56. The molecule has 0 N–H and O–H groups in total. The van der Waals surface area contributed by atoms with Crippen LogP contribution in [0.25, 0.3) is 0 Å². The fourth-order valence-electron chi connectivity index (χ4n) is 4.27. The van der Waals surface area contributed by atoms with Crippen molar-refractivity contribution in [1.29, 1.82) is 0 Å². The lowest BCUT2D eigenvalue weighted by Gasteiger charge is -2.54. The number of hydrogen-bond acceptors (Lipinski definition) is 1. The van der Waals surface area contributed by atoms with Gasteiger partial charge >= 0.3 is 0 Å². The molecule has 1 aromatic carbocycles. The first kappa shape index (κ1) is 19.5. The van der Waals surface area contributed by atoms with E-state index in [1.165, 1.54) is 47.5 Å². The molecule has 0 aliphatic heterocycles. The number of benzene rings is 1. The van der Waals surface area contributed by atoms with Crippen LogP contribution in [0.3, 0.4) is 0 Å². The third kappa shape index (κ3) is 3.51. The van der Waals surface area contributed by atoms with Gasteiger partial charge in [0.2, 0.25) is 0 Å². The molecule has 0 unspecified atom stereocenters. The van der Waals surface area contributed by atoms with E-state index < -0.39 is 16.5 Å². The van der Waals surface area contributed by atoms with E-state index in [4.69, 9.17) is 0 Å². The molecule has 0 fully saturated rings. The minimum absolute atomic E-state index is 1.38. The molecule has 22 heavy (non-hydrogen) atoms. The summed E-state index contributed by atoms with van der Waals surface area (Å²) >= 11 is 0. The average molecular weight is 336 g/mol. The first-order valence-corrected chi connectivity index (χ1v) is 14.5. The molecule has 0 aliphatic rings. The minimum atomic E-state index is -1.41. The molecule has 0 saturated carbocycles. The highest BCUT2D eigenvalue weighted by atomic mass is 28.4. The van der Waals surface area contributed by atoms with Gasteiger partial charge < -0.3 is 4.23 Å². The Morgan fingerprint density at radius 1 is 0.727 bits per heavy atom. The zero-order valence-electron chi connectivity index (χ0n) is 16.0. The second-order valence-corrected chi connectivity index (χ2v) is 17.2. The van der Waals surface area contributed by atoms with Crippen LogP contribution in [0, 0.1) is 6.92 Å². The van der Waals surface area contributed by atoms with Crippen molar-refractivity contribution in [3.05, 3.63) is 29.8 Å². The van der Waals surface area contributed by atoms with Gasteiger partial charge in [0.05, 0.1) is 0 Å². The minimum Gasteiger partial charge on any atom is -0.424 e. The van der Waals surface area contributed by atoms with Gasteiger partial charge in [0, 0.05) is 5.69 Å². The molecule has 0 spiro atoms. The Labute approximate surface area is 141 Å². The highest BCUT2D eigenvalue weighted by Gasteiger charge is 2.46. The molecule has 0 aromatic heterocycles. The van der Waals surface area contributed by atoms with Crippen LogP contribution in [0.1, 0.15) is 47.1 Å². The van der Waals surface area contributed by atoms with Crippen LogP contribution in [0.4, 0.5) is 5.69 Å². The van der Waals surface area contributed by atoms with Crippen LogP contribution in [-0.2, 0) is 0 Å². The van der Waals surface area contributed by atoms with Gasteiger partial charge in [-0.25, -0.2) is 0 Å². The number of rotatable bonds is 9. The van der Waals surface area contributed by atoms with Crippen LogP contribution < -0.4 is 4.23 Å². The molecule has 0 atom stereocenters. The molecular formula is C19H37NSi2. The van der Waals surface area contributed by atoms with Crippen molar-refractivity contribution >= 4 is 22.2 Å². The fourth-order valence-corrected chi connectivity index (χ4v) is 17.4.